The number of carboxylic acid groups (broad SMARTS) is 1. The molecule has 0 fully saturated rings. The Morgan fingerprint density at radius 1 is 1.62 bits per heavy atom. The first-order valence-corrected chi connectivity index (χ1v) is 5.87. The topological polar surface area (TPSA) is 63.3 Å². The normalized spacial score (nSPS) is 10.6. The average molecular weight is 237 g/mol. The third-order valence-corrected chi connectivity index (χ3v) is 2.97. The van der Waals surface area contributed by atoms with Gasteiger partial charge in [-0.25, -0.2) is 9.78 Å². The first-order chi connectivity index (χ1) is 7.72. The van der Waals surface area contributed by atoms with Crippen molar-refractivity contribution in [3.63, 3.8) is 0 Å². The van der Waals surface area contributed by atoms with E-state index in [1.165, 1.54) is 11.3 Å². The second-order valence-corrected chi connectivity index (χ2v) is 4.27. The van der Waals surface area contributed by atoms with Crippen LogP contribution in [-0.4, -0.2) is 16.1 Å². The Hall–Kier alpha value is -1.62. The number of hydrogen-bond acceptors (Lipinski definition) is 4. The molecule has 0 unspecified atom stereocenters. The van der Waals surface area contributed by atoms with Gasteiger partial charge in [-0.1, -0.05) is 19.4 Å². The molecule has 0 aliphatic heterocycles. The van der Waals surface area contributed by atoms with Gasteiger partial charge in [-0.2, -0.15) is 0 Å². The zero-order chi connectivity index (χ0) is 11.5. The van der Waals surface area contributed by atoms with E-state index in [9.17, 15) is 4.79 Å². The van der Waals surface area contributed by atoms with E-state index in [0.717, 1.165) is 11.3 Å². The summed E-state index contributed by atoms with van der Waals surface area (Å²) in [4.78, 5) is 16.0. The fraction of sp³-hybridized carbons (Fsp3) is 0.273. The molecule has 1 N–H and O–H groups in total. The van der Waals surface area contributed by atoms with Gasteiger partial charge in [0.15, 0.2) is 0 Å². The Labute approximate surface area is 96.6 Å². The predicted octanol–water partition coefficient (Wildman–Crippen LogP) is 3.05. The molecule has 0 atom stereocenters. The number of aromatic carboxylic acids is 1. The molecular weight excluding hydrogens is 226 g/mol. The van der Waals surface area contributed by atoms with Crippen molar-refractivity contribution >= 4 is 17.3 Å². The number of aromatic nitrogens is 1. The van der Waals surface area contributed by atoms with Crippen molar-refractivity contribution in [3.8, 4) is 10.8 Å². The minimum absolute atomic E-state index is 0.0368. The Morgan fingerprint density at radius 2 is 2.44 bits per heavy atom. The van der Waals surface area contributed by atoms with Gasteiger partial charge in [0, 0.05) is 0 Å². The van der Waals surface area contributed by atoms with Crippen LogP contribution in [0.15, 0.2) is 21.9 Å². The second kappa shape index (κ2) is 4.49. The van der Waals surface area contributed by atoms with Gasteiger partial charge in [-0.15, -0.1) is 11.3 Å². The smallest absolute Gasteiger partial charge is 0.373 e. The number of carbonyl (C=O) groups is 1. The van der Waals surface area contributed by atoms with Crippen molar-refractivity contribution in [2.45, 2.75) is 19.8 Å². The fourth-order valence-electron chi connectivity index (χ4n) is 1.43. The minimum atomic E-state index is -1.06. The van der Waals surface area contributed by atoms with Crippen LogP contribution in [0.5, 0.6) is 0 Å². The SMILES string of the molecule is CCCc1nc(-c2cccs2)oc1C(=O)O. The Bertz CT molecular complexity index is 487. The molecule has 0 amide bonds. The molecule has 0 saturated heterocycles. The summed E-state index contributed by atoms with van der Waals surface area (Å²) in [5.74, 6) is -0.695. The molecule has 16 heavy (non-hydrogen) atoms. The number of nitrogens with zero attached hydrogens (tertiary/aromatic N) is 1. The first kappa shape index (κ1) is 10.9. The number of oxazole rings is 1. The fourth-order valence-corrected chi connectivity index (χ4v) is 2.08. The van der Waals surface area contributed by atoms with Crippen LogP contribution in [0.1, 0.15) is 29.6 Å². The van der Waals surface area contributed by atoms with Crippen molar-refractivity contribution in [2.24, 2.45) is 0 Å². The molecule has 4 nitrogen and oxygen atoms in total. The highest BCUT2D eigenvalue weighted by Crippen LogP contribution is 2.26. The van der Waals surface area contributed by atoms with E-state index < -0.39 is 5.97 Å². The van der Waals surface area contributed by atoms with Gasteiger partial charge in [0.2, 0.25) is 11.7 Å². The second-order valence-electron chi connectivity index (χ2n) is 3.33. The lowest BCUT2D eigenvalue weighted by molar-refractivity contribution is 0.0662. The van der Waals surface area contributed by atoms with E-state index in [1.54, 1.807) is 0 Å². The van der Waals surface area contributed by atoms with Crippen LogP contribution in [0.2, 0.25) is 0 Å². The Kier molecular flexibility index (Phi) is 3.05. The maximum atomic E-state index is 10.9. The van der Waals surface area contributed by atoms with Crippen LogP contribution >= 0.6 is 11.3 Å². The zero-order valence-corrected chi connectivity index (χ0v) is 9.58. The molecule has 0 aromatic carbocycles. The highest BCUT2D eigenvalue weighted by molar-refractivity contribution is 7.13. The van der Waals surface area contributed by atoms with Gasteiger partial charge < -0.3 is 9.52 Å². The molecule has 2 aromatic rings. The number of hydrogen-bond donors (Lipinski definition) is 1. The summed E-state index contributed by atoms with van der Waals surface area (Å²) in [6, 6.07) is 3.74. The molecule has 0 saturated carbocycles. The highest BCUT2D eigenvalue weighted by atomic mass is 32.1. The molecule has 5 heteroatoms. The third-order valence-electron chi connectivity index (χ3n) is 2.11. The third kappa shape index (κ3) is 1.99. The van der Waals surface area contributed by atoms with Crippen LogP contribution in [0.25, 0.3) is 10.8 Å². The first-order valence-electron chi connectivity index (χ1n) is 4.99. The molecule has 0 radical (unpaired) electrons. The van der Waals surface area contributed by atoms with Crippen molar-refractivity contribution in [1.29, 1.82) is 0 Å². The molecule has 2 aromatic heterocycles. The summed E-state index contributed by atoms with van der Waals surface area (Å²) in [5.41, 5.74) is 0.526. The van der Waals surface area contributed by atoms with Gasteiger partial charge in [0.05, 0.1) is 10.6 Å². The summed E-state index contributed by atoms with van der Waals surface area (Å²) in [7, 11) is 0. The van der Waals surface area contributed by atoms with E-state index in [-0.39, 0.29) is 5.76 Å². The lowest BCUT2D eigenvalue weighted by Crippen LogP contribution is -1.99. The van der Waals surface area contributed by atoms with Crippen LogP contribution in [-0.2, 0) is 6.42 Å². The largest absolute Gasteiger partial charge is 0.475 e. The lowest BCUT2D eigenvalue weighted by atomic mass is 10.2. The minimum Gasteiger partial charge on any atom is -0.475 e. The lowest BCUT2D eigenvalue weighted by Gasteiger charge is -1.91. The number of aryl methyl sites for hydroxylation is 1. The molecule has 84 valence electrons. The summed E-state index contributed by atoms with van der Waals surface area (Å²) < 4.78 is 5.27. The summed E-state index contributed by atoms with van der Waals surface area (Å²) in [6.45, 7) is 1.98. The summed E-state index contributed by atoms with van der Waals surface area (Å²) in [5, 5.41) is 10.9. The highest BCUT2D eigenvalue weighted by Gasteiger charge is 2.19. The van der Waals surface area contributed by atoms with Crippen molar-refractivity contribution in [2.75, 3.05) is 0 Å². The molecule has 2 rings (SSSR count). The molecule has 0 bridgehead atoms. The van der Waals surface area contributed by atoms with E-state index in [2.05, 4.69) is 4.98 Å². The number of carboxylic acids is 1. The van der Waals surface area contributed by atoms with Crippen LogP contribution in [0, 0.1) is 0 Å². The molecular formula is C11H11NO3S. The Balaban J connectivity index is 2.42. The van der Waals surface area contributed by atoms with Gasteiger partial charge in [0.1, 0.15) is 0 Å². The van der Waals surface area contributed by atoms with Gasteiger partial charge >= 0.3 is 5.97 Å². The zero-order valence-electron chi connectivity index (χ0n) is 8.77. The van der Waals surface area contributed by atoms with Crippen molar-refractivity contribution in [3.05, 3.63) is 29.0 Å². The van der Waals surface area contributed by atoms with Gasteiger partial charge in [-0.3, -0.25) is 0 Å². The molecule has 2 heterocycles. The van der Waals surface area contributed by atoms with E-state index in [4.69, 9.17) is 9.52 Å². The standard InChI is InChI=1S/C11H11NO3S/c1-2-4-7-9(11(13)14)15-10(12-7)8-5-3-6-16-8/h3,5-6H,2,4H2,1H3,(H,13,14). The maximum Gasteiger partial charge on any atom is 0.373 e. The molecule has 0 aliphatic rings. The van der Waals surface area contributed by atoms with E-state index in [0.29, 0.717) is 18.0 Å². The summed E-state index contributed by atoms with van der Waals surface area (Å²) in [6.07, 6.45) is 1.47. The Morgan fingerprint density at radius 3 is 3.00 bits per heavy atom. The average Bonchev–Trinajstić information content (AvgIpc) is 2.83. The van der Waals surface area contributed by atoms with Crippen LogP contribution < -0.4 is 0 Å². The van der Waals surface area contributed by atoms with Crippen LogP contribution in [0.4, 0.5) is 0 Å². The van der Waals surface area contributed by atoms with Crippen molar-refractivity contribution < 1.29 is 14.3 Å². The van der Waals surface area contributed by atoms with E-state index in [1.807, 2.05) is 24.4 Å². The number of rotatable bonds is 4. The quantitative estimate of drug-likeness (QED) is 0.887. The molecule has 0 aliphatic carbocycles. The molecule has 0 spiro atoms. The van der Waals surface area contributed by atoms with Crippen LogP contribution in [0.3, 0.4) is 0 Å². The monoisotopic (exact) mass is 237 g/mol. The number of thiophene rings is 1. The van der Waals surface area contributed by atoms with E-state index >= 15 is 0 Å². The maximum absolute atomic E-state index is 10.9. The predicted molar refractivity (Wildman–Crippen MR) is 60.8 cm³/mol. The van der Waals surface area contributed by atoms with Crippen molar-refractivity contribution in [1.82, 2.24) is 4.98 Å². The summed E-state index contributed by atoms with van der Waals surface area (Å²) >= 11 is 1.48. The van der Waals surface area contributed by atoms with Gasteiger partial charge in [0.25, 0.3) is 0 Å². The van der Waals surface area contributed by atoms with Gasteiger partial charge in [-0.05, 0) is 17.9 Å².